The van der Waals surface area contributed by atoms with Gasteiger partial charge in [-0.15, -0.1) is 0 Å². The summed E-state index contributed by atoms with van der Waals surface area (Å²) in [6, 6.07) is 8.18. The Morgan fingerprint density at radius 3 is 2.76 bits per heavy atom. The highest BCUT2D eigenvalue weighted by Gasteiger charge is 2.34. The average molecular weight is 230 g/mol. The zero-order valence-corrected chi connectivity index (χ0v) is 10.1. The van der Waals surface area contributed by atoms with E-state index in [0.717, 1.165) is 42.4 Å². The van der Waals surface area contributed by atoms with E-state index in [1.165, 1.54) is 0 Å². The second kappa shape index (κ2) is 3.86. The van der Waals surface area contributed by atoms with Crippen molar-refractivity contribution in [3.05, 3.63) is 36.0 Å². The molecule has 1 aliphatic heterocycles. The van der Waals surface area contributed by atoms with Gasteiger partial charge in [-0.3, -0.25) is 0 Å². The Morgan fingerprint density at radius 1 is 1.24 bits per heavy atom. The number of H-pyrrole nitrogens is 1. The lowest BCUT2D eigenvalue weighted by atomic mass is 9.83. The lowest BCUT2D eigenvalue weighted by Gasteiger charge is -2.37. The minimum absolute atomic E-state index is 0.659. The van der Waals surface area contributed by atoms with Crippen LogP contribution in [0.3, 0.4) is 0 Å². The first-order valence-corrected chi connectivity index (χ1v) is 6.17. The van der Waals surface area contributed by atoms with E-state index in [1.54, 1.807) is 0 Å². The third kappa shape index (κ3) is 1.75. The van der Waals surface area contributed by atoms with Crippen LogP contribution in [-0.4, -0.2) is 35.1 Å². The normalized spacial score (nSPS) is 20.8. The third-order valence-electron chi connectivity index (χ3n) is 3.91. The van der Waals surface area contributed by atoms with Crippen molar-refractivity contribution in [3.63, 3.8) is 0 Å². The minimum atomic E-state index is -0.659. The molecule has 3 nitrogen and oxygen atoms in total. The Hall–Kier alpha value is -1.32. The highest BCUT2D eigenvalue weighted by molar-refractivity contribution is 5.83. The number of aromatic nitrogens is 1. The molecule has 0 amide bonds. The molecule has 90 valence electrons. The van der Waals surface area contributed by atoms with E-state index in [-0.39, 0.29) is 0 Å². The molecule has 0 unspecified atom stereocenters. The van der Waals surface area contributed by atoms with E-state index >= 15 is 0 Å². The summed E-state index contributed by atoms with van der Waals surface area (Å²) >= 11 is 0. The maximum absolute atomic E-state index is 10.8. The van der Waals surface area contributed by atoms with Gasteiger partial charge in [0.15, 0.2) is 0 Å². The Bertz CT molecular complexity index is 524. The summed E-state index contributed by atoms with van der Waals surface area (Å²) in [4.78, 5) is 5.47. The maximum atomic E-state index is 10.8. The van der Waals surface area contributed by atoms with Gasteiger partial charge in [-0.2, -0.15) is 0 Å². The number of fused-ring (bicyclic) bond motifs is 1. The van der Waals surface area contributed by atoms with Gasteiger partial charge in [0.1, 0.15) is 0 Å². The summed E-state index contributed by atoms with van der Waals surface area (Å²) in [5, 5.41) is 12.0. The molecule has 0 bridgehead atoms. The van der Waals surface area contributed by atoms with Crippen molar-refractivity contribution in [2.75, 3.05) is 20.1 Å². The van der Waals surface area contributed by atoms with Gasteiger partial charge in [0.05, 0.1) is 5.60 Å². The van der Waals surface area contributed by atoms with Crippen molar-refractivity contribution >= 4 is 10.9 Å². The summed E-state index contributed by atoms with van der Waals surface area (Å²) in [6.45, 7) is 1.91. The molecule has 1 aromatic carbocycles. The number of likely N-dealkylation sites (tertiary alicyclic amines) is 1. The van der Waals surface area contributed by atoms with Gasteiger partial charge in [0, 0.05) is 30.2 Å². The van der Waals surface area contributed by atoms with Crippen molar-refractivity contribution < 1.29 is 5.11 Å². The predicted octanol–water partition coefficient (Wildman–Crippen LogP) is 2.08. The fraction of sp³-hybridized carbons (Fsp3) is 0.429. The topological polar surface area (TPSA) is 39.3 Å². The van der Waals surface area contributed by atoms with Crippen LogP contribution in [0.15, 0.2) is 30.5 Å². The number of nitrogens with one attached hydrogen (secondary N) is 1. The molecule has 1 aliphatic rings. The monoisotopic (exact) mass is 230 g/mol. The molecular formula is C14H18N2O. The molecule has 3 rings (SSSR count). The molecule has 2 aromatic rings. The van der Waals surface area contributed by atoms with Crippen LogP contribution in [0, 0.1) is 0 Å². The highest BCUT2D eigenvalue weighted by Crippen LogP contribution is 2.36. The minimum Gasteiger partial charge on any atom is -0.385 e. The smallest absolute Gasteiger partial charge is 0.0927 e. The standard InChI is InChI=1S/C14H18N2O/c1-16-9-6-14(17,7-10-16)12-3-2-4-13-11(12)5-8-15-13/h2-5,8,15,17H,6-7,9-10H2,1H3. The van der Waals surface area contributed by atoms with Crippen LogP contribution in [0.25, 0.3) is 10.9 Å². The Balaban J connectivity index is 2.05. The van der Waals surface area contributed by atoms with Crippen LogP contribution in [0.2, 0.25) is 0 Å². The summed E-state index contributed by atoms with van der Waals surface area (Å²) in [5.41, 5.74) is 1.52. The summed E-state index contributed by atoms with van der Waals surface area (Å²) < 4.78 is 0. The first-order valence-electron chi connectivity index (χ1n) is 6.17. The second-order valence-corrected chi connectivity index (χ2v) is 5.08. The largest absolute Gasteiger partial charge is 0.385 e. The van der Waals surface area contributed by atoms with Crippen LogP contribution in [0.1, 0.15) is 18.4 Å². The molecule has 0 saturated carbocycles. The SMILES string of the molecule is CN1CCC(O)(c2cccc3[nH]ccc23)CC1. The van der Waals surface area contributed by atoms with E-state index in [1.807, 2.05) is 12.3 Å². The number of hydrogen-bond acceptors (Lipinski definition) is 2. The van der Waals surface area contributed by atoms with Gasteiger partial charge >= 0.3 is 0 Å². The second-order valence-electron chi connectivity index (χ2n) is 5.08. The highest BCUT2D eigenvalue weighted by atomic mass is 16.3. The molecule has 1 aromatic heterocycles. The zero-order chi connectivity index (χ0) is 11.9. The van der Waals surface area contributed by atoms with E-state index in [4.69, 9.17) is 0 Å². The number of hydrogen-bond donors (Lipinski definition) is 2. The van der Waals surface area contributed by atoms with Crippen molar-refractivity contribution in [1.82, 2.24) is 9.88 Å². The molecule has 0 radical (unpaired) electrons. The number of rotatable bonds is 1. The predicted molar refractivity (Wildman–Crippen MR) is 68.9 cm³/mol. The summed E-state index contributed by atoms with van der Waals surface area (Å²) in [7, 11) is 2.11. The molecule has 2 heterocycles. The van der Waals surface area contributed by atoms with E-state index in [9.17, 15) is 5.11 Å². The molecule has 17 heavy (non-hydrogen) atoms. The van der Waals surface area contributed by atoms with Gasteiger partial charge in [0.2, 0.25) is 0 Å². The summed E-state index contributed by atoms with van der Waals surface area (Å²) in [5.74, 6) is 0. The molecule has 1 saturated heterocycles. The number of nitrogens with zero attached hydrogens (tertiary/aromatic N) is 1. The lowest BCUT2D eigenvalue weighted by Crippen LogP contribution is -2.40. The van der Waals surface area contributed by atoms with Crippen LogP contribution >= 0.6 is 0 Å². The number of aliphatic hydroxyl groups is 1. The number of aromatic amines is 1. The van der Waals surface area contributed by atoms with Crippen molar-refractivity contribution in [3.8, 4) is 0 Å². The van der Waals surface area contributed by atoms with Crippen molar-refractivity contribution in [2.24, 2.45) is 0 Å². The van der Waals surface area contributed by atoms with Crippen LogP contribution in [0.4, 0.5) is 0 Å². The van der Waals surface area contributed by atoms with Gasteiger partial charge in [-0.25, -0.2) is 0 Å². The molecular weight excluding hydrogens is 212 g/mol. The van der Waals surface area contributed by atoms with Crippen molar-refractivity contribution in [2.45, 2.75) is 18.4 Å². The van der Waals surface area contributed by atoms with E-state index in [0.29, 0.717) is 0 Å². The van der Waals surface area contributed by atoms with Gasteiger partial charge in [0.25, 0.3) is 0 Å². The fourth-order valence-electron chi connectivity index (χ4n) is 2.75. The van der Waals surface area contributed by atoms with Gasteiger partial charge < -0.3 is 15.0 Å². The van der Waals surface area contributed by atoms with Crippen LogP contribution in [-0.2, 0) is 5.60 Å². The van der Waals surface area contributed by atoms with Crippen LogP contribution in [0.5, 0.6) is 0 Å². The van der Waals surface area contributed by atoms with Gasteiger partial charge in [-0.1, -0.05) is 12.1 Å². The molecule has 0 aliphatic carbocycles. The van der Waals surface area contributed by atoms with Gasteiger partial charge in [-0.05, 0) is 37.6 Å². The summed E-state index contributed by atoms with van der Waals surface area (Å²) in [6.07, 6.45) is 3.56. The molecule has 0 atom stereocenters. The quantitative estimate of drug-likeness (QED) is 0.787. The molecule has 2 N–H and O–H groups in total. The van der Waals surface area contributed by atoms with Crippen LogP contribution < -0.4 is 0 Å². The van der Waals surface area contributed by atoms with E-state index < -0.39 is 5.60 Å². The first-order chi connectivity index (χ1) is 8.19. The Morgan fingerprint density at radius 2 is 2.00 bits per heavy atom. The third-order valence-corrected chi connectivity index (χ3v) is 3.91. The Labute approximate surface area is 101 Å². The first kappa shape index (κ1) is 10.8. The molecule has 1 fully saturated rings. The zero-order valence-electron chi connectivity index (χ0n) is 10.1. The molecule has 0 spiro atoms. The lowest BCUT2D eigenvalue weighted by molar-refractivity contribution is -0.0190. The Kier molecular flexibility index (Phi) is 2.45. The maximum Gasteiger partial charge on any atom is 0.0927 e. The molecule has 3 heteroatoms. The average Bonchev–Trinajstić information content (AvgIpc) is 2.81. The number of benzene rings is 1. The van der Waals surface area contributed by atoms with Crippen molar-refractivity contribution in [1.29, 1.82) is 0 Å². The fourth-order valence-corrected chi connectivity index (χ4v) is 2.75. The van der Waals surface area contributed by atoms with E-state index in [2.05, 4.69) is 35.1 Å². The number of piperidine rings is 1.